The van der Waals surface area contributed by atoms with Crippen LogP contribution in [0.3, 0.4) is 0 Å². The molecule has 6 heteroatoms. The quantitative estimate of drug-likeness (QED) is 0.719. The van der Waals surface area contributed by atoms with Crippen molar-refractivity contribution in [2.45, 2.75) is 52.1 Å². The molecule has 5 nitrogen and oxygen atoms in total. The number of hydrogen-bond acceptors (Lipinski definition) is 4. The van der Waals surface area contributed by atoms with Crippen molar-refractivity contribution in [2.75, 3.05) is 6.61 Å². The molecule has 0 saturated heterocycles. The highest BCUT2D eigenvalue weighted by molar-refractivity contribution is 7.09. The fourth-order valence-corrected chi connectivity index (χ4v) is 2.42. The Bertz CT molecular complexity index is 393. The van der Waals surface area contributed by atoms with Crippen molar-refractivity contribution in [1.82, 2.24) is 15.6 Å². The molecule has 1 aromatic heterocycles. The van der Waals surface area contributed by atoms with Crippen LogP contribution in [-0.2, 0) is 6.54 Å². The Kier molecular flexibility index (Phi) is 6.80. The predicted octanol–water partition coefficient (Wildman–Crippen LogP) is 2.23. The SMILES string of the molecule is CC(CCCO)NC(=O)NCc1csc(C(C)C)n1. The molecule has 0 saturated carbocycles. The third-order valence-electron chi connectivity index (χ3n) is 2.67. The van der Waals surface area contributed by atoms with Crippen LogP contribution in [0.2, 0.25) is 0 Å². The molecule has 0 aliphatic carbocycles. The highest BCUT2D eigenvalue weighted by Crippen LogP contribution is 2.18. The molecule has 1 rings (SSSR count). The zero-order valence-corrected chi connectivity index (χ0v) is 12.6. The van der Waals surface area contributed by atoms with Crippen molar-refractivity contribution in [3.05, 3.63) is 16.1 Å². The third kappa shape index (κ3) is 6.02. The number of nitrogens with zero attached hydrogens (tertiary/aromatic N) is 1. The summed E-state index contributed by atoms with van der Waals surface area (Å²) in [5.41, 5.74) is 0.895. The van der Waals surface area contributed by atoms with Crippen molar-refractivity contribution < 1.29 is 9.90 Å². The maximum Gasteiger partial charge on any atom is 0.315 e. The van der Waals surface area contributed by atoms with Gasteiger partial charge in [0.15, 0.2) is 0 Å². The summed E-state index contributed by atoms with van der Waals surface area (Å²) >= 11 is 1.62. The summed E-state index contributed by atoms with van der Waals surface area (Å²) in [6, 6.07) is -0.127. The van der Waals surface area contributed by atoms with E-state index in [2.05, 4.69) is 29.5 Å². The average Bonchev–Trinajstić information content (AvgIpc) is 2.83. The first-order chi connectivity index (χ1) is 9.02. The van der Waals surface area contributed by atoms with Crippen molar-refractivity contribution in [1.29, 1.82) is 0 Å². The van der Waals surface area contributed by atoms with E-state index in [1.807, 2.05) is 12.3 Å². The van der Waals surface area contributed by atoms with Crippen molar-refractivity contribution in [3.63, 3.8) is 0 Å². The monoisotopic (exact) mass is 285 g/mol. The number of urea groups is 1. The number of thiazole rings is 1. The molecule has 1 heterocycles. The lowest BCUT2D eigenvalue weighted by molar-refractivity contribution is 0.234. The summed E-state index contributed by atoms with van der Waals surface area (Å²) in [6.07, 6.45) is 1.48. The Morgan fingerprint density at radius 1 is 1.47 bits per heavy atom. The van der Waals surface area contributed by atoms with Gasteiger partial charge in [0.25, 0.3) is 0 Å². The molecule has 0 aromatic carbocycles. The molecule has 1 atom stereocenters. The highest BCUT2D eigenvalue weighted by atomic mass is 32.1. The molecule has 0 aliphatic rings. The second-order valence-corrected chi connectivity index (χ2v) is 5.82. The smallest absolute Gasteiger partial charge is 0.315 e. The second kappa shape index (κ2) is 8.12. The molecule has 1 aromatic rings. The van der Waals surface area contributed by atoms with Crippen LogP contribution in [0.25, 0.3) is 0 Å². The van der Waals surface area contributed by atoms with E-state index in [0.29, 0.717) is 18.9 Å². The molecule has 0 radical (unpaired) electrons. The lowest BCUT2D eigenvalue weighted by Gasteiger charge is -2.13. The Hall–Kier alpha value is -1.14. The molecule has 0 bridgehead atoms. The fourth-order valence-electron chi connectivity index (χ4n) is 1.58. The van der Waals surface area contributed by atoms with Gasteiger partial charge in [-0.3, -0.25) is 0 Å². The van der Waals surface area contributed by atoms with Gasteiger partial charge in [0.2, 0.25) is 0 Å². The van der Waals surface area contributed by atoms with E-state index in [0.717, 1.165) is 17.1 Å². The van der Waals surface area contributed by atoms with Gasteiger partial charge < -0.3 is 15.7 Å². The lowest BCUT2D eigenvalue weighted by Crippen LogP contribution is -2.40. The minimum Gasteiger partial charge on any atom is -0.396 e. The number of nitrogens with one attached hydrogen (secondary N) is 2. The molecule has 1 unspecified atom stereocenters. The van der Waals surface area contributed by atoms with Crippen LogP contribution in [-0.4, -0.2) is 28.8 Å². The number of aliphatic hydroxyl groups excluding tert-OH is 1. The number of carbonyl (C=O) groups is 1. The van der Waals surface area contributed by atoms with E-state index in [-0.39, 0.29) is 18.7 Å². The largest absolute Gasteiger partial charge is 0.396 e. The first kappa shape index (κ1) is 15.9. The number of aliphatic hydroxyl groups is 1. The average molecular weight is 285 g/mol. The number of amides is 2. The highest BCUT2D eigenvalue weighted by Gasteiger charge is 2.09. The Morgan fingerprint density at radius 3 is 2.79 bits per heavy atom. The maximum atomic E-state index is 11.6. The topological polar surface area (TPSA) is 74.2 Å². The van der Waals surface area contributed by atoms with Crippen LogP contribution in [0.1, 0.15) is 50.2 Å². The van der Waals surface area contributed by atoms with Gasteiger partial charge in [-0.05, 0) is 19.8 Å². The lowest BCUT2D eigenvalue weighted by atomic mass is 10.2. The van der Waals surface area contributed by atoms with E-state index >= 15 is 0 Å². The fraction of sp³-hybridized carbons (Fsp3) is 0.692. The van der Waals surface area contributed by atoms with Crippen LogP contribution in [0.15, 0.2) is 5.38 Å². The van der Waals surface area contributed by atoms with Gasteiger partial charge in [0, 0.05) is 23.9 Å². The summed E-state index contributed by atoms with van der Waals surface area (Å²) in [6.45, 7) is 6.73. The maximum absolute atomic E-state index is 11.6. The first-order valence-corrected chi connectivity index (χ1v) is 7.50. The Morgan fingerprint density at radius 2 is 2.21 bits per heavy atom. The number of aromatic nitrogens is 1. The molecular weight excluding hydrogens is 262 g/mol. The Balaban J connectivity index is 2.29. The van der Waals surface area contributed by atoms with Crippen LogP contribution in [0.5, 0.6) is 0 Å². The summed E-state index contributed by atoms with van der Waals surface area (Å²) in [7, 11) is 0. The zero-order valence-electron chi connectivity index (χ0n) is 11.8. The first-order valence-electron chi connectivity index (χ1n) is 6.62. The van der Waals surface area contributed by atoms with Gasteiger partial charge in [-0.2, -0.15) is 0 Å². The summed E-state index contributed by atoms with van der Waals surface area (Å²) in [4.78, 5) is 16.1. The number of carbonyl (C=O) groups excluding carboxylic acids is 1. The second-order valence-electron chi connectivity index (χ2n) is 4.93. The van der Waals surface area contributed by atoms with Gasteiger partial charge in [0.05, 0.1) is 17.2 Å². The van der Waals surface area contributed by atoms with E-state index in [4.69, 9.17) is 5.11 Å². The molecule has 0 aliphatic heterocycles. The number of hydrogen-bond donors (Lipinski definition) is 3. The van der Waals surface area contributed by atoms with Gasteiger partial charge in [-0.25, -0.2) is 9.78 Å². The van der Waals surface area contributed by atoms with Gasteiger partial charge in [-0.1, -0.05) is 13.8 Å². The van der Waals surface area contributed by atoms with Crippen molar-refractivity contribution >= 4 is 17.4 Å². The van der Waals surface area contributed by atoms with Gasteiger partial charge in [0.1, 0.15) is 0 Å². The van der Waals surface area contributed by atoms with Gasteiger partial charge in [-0.15, -0.1) is 11.3 Å². The number of rotatable bonds is 7. The molecule has 3 N–H and O–H groups in total. The third-order valence-corrected chi connectivity index (χ3v) is 3.86. The van der Waals surface area contributed by atoms with Crippen molar-refractivity contribution in [3.8, 4) is 0 Å². The van der Waals surface area contributed by atoms with E-state index in [1.165, 1.54) is 0 Å². The summed E-state index contributed by atoms with van der Waals surface area (Å²) < 4.78 is 0. The van der Waals surface area contributed by atoms with Crippen molar-refractivity contribution in [2.24, 2.45) is 0 Å². The molecule has 108 valence electrons. The van der Waals surface area contributed by atoms with Crippen LogP contribution < -0.4 is 10.6 Å². The molecule has 2 amide bonds. The van der Waals surface area contributed by atoms with Crippen LogP contribution in [0, 0.1) is 0 Å². The van der Waals surface area contributed by atoms with Gasteiger partial charge >= 0.3 is 6.03 Å². The standard InChI is InChI=1S/C13H23N3O2S/c1-9(2)12-16-11(8-19-12)7-14-13(18)15-10(3)5-4-6-17/h8-10,17H,4-7H2,1-3H3,(H2,14,15,18). The van der Waals surface area contributed by atoms with E-state index in [9.17, 15) is 4.79 Å². The predicted molar refractivity (Wildman–Crippen MR) is 77.4 cm³/mol. The Labute approximate surface area is 118 Å². The van der Waals surface area contributed by atoms with E-state index < -0.39 is 0 Å². The minimum atomic E-state index is -0.190. The van der Waals surface area contributed by atoms with E-state index in [1.54, 1.807) is 11.3 Å². The van der Waals surface area contributed by atoms with Crippen LogP contribution in [0.4, 0.5) is 4.79 Å². The molecule has 19 heavy (non-hydrogen) atoms. The zero-order chi connectivity index (χ0) is 14.3. The van der Waals surface area contributed by atoms with Crippen LogP contribution >= 0.6 is 11.3 Å². The molecule has 0 fully saturated rings. The minimum absolute atomic E-state index is 0.0637. The molecule has 0 spiro atoms. The summed E-state index contributed by atoms with van der Waals surface area (Å²) in [5, 5.41) is 17.4. The molecular formula is C13H23N3O2S. The normalized spacial score (nSPS) is 12.5. The summed E-state index contributed by atoms with van der Waals surface area (Å²) in [5.74, 6) is 0.422.